The third-order valence-corrected chi connectivity index (χ3v) is 3.65. The molecule has 2 heterocycles. The molecule has 5 heteroatoms. The van der Waals surface area contributed by atoms with Gasteiger partial charge in [0.1, 0.15) is 6.04 Å². The molecule has 3 unspecified atom stereocenters. The van der Waals surface area contributed by atoms with Gasteiger partial charge in [-0.05, 0) is 31.2 Å². The molecule has 19 heavy (non-hydrogen) atoms. The summed E-state index contributed by atoms with van der Waals surface area (Å²) in [5.74, 6) is 1.01. The summed E-state index contributed by atoms with van der Waals surface area (Å²) in [6.07, 6.45) is 2.69. The molecule has 0 aromatic carbocycles. The Bertz CT molecular complexity index is 501. The van der Waals surface area contributed by atoms with Crippen LogP contribution in [0.4, 0.5) is 0 Å². The molecule has 2 rings (SSSR count). The van der Waals surface area contributed by atoms with E-state index in [1.807, 2.05) is 4.90 Å². The predicted octanol–water partition coefficient (Wildman–Crippen LogP) is 1.31. The van der Waals surface area contributed by atoms with E-state index < -0.39 is 6.04 Å². The van der Waals surface area contributed by atoms with Crippen LogP contribution < -0.4 is 5.56 Å². The zero-order valence-electron chi connectivity index (χ0n) is 11.7. The van der Waals surface area contributed by atoms with Crippen LogP contribution in [0.25, 0.3) is 0 Å². The fourth-order valence-electron chi connectivity index (χ4n) is 2.87. The number of hydrogen-bond acceptors (Lipinski definition) is 3. The molecule has 1 saturated heterocycles. The largest absolute Gasteiger partial charge is 0.340 e. The highest BCUT2D eigenvalue weighted by molar-refractivity contribution is 5.80. The second kappa shape index (κ2) is 5.55. The molecule has 0 bridgehead atoms. The Hall–Kier alpha value is -1.65. The summed E-state index contributed by atoms with van der Waals surface area (Å²) >= 11 is 0. The number of carbonyl (C=O) groups excluding carboxylic acids is 1. The van der Waals surface area contributed by atoms with Gasteiger partial charge in [0.15, 0.2) is 0 Å². The van der Waals surface area contributed by atoms with Crippen LogP contribution in [0.5, 0.6) is 0 Å². The van der Waals surface area contributed by atoms with Crippen molar-refractivity contribution in [1.82, 2.24) is 14.7 Å². The van der Waals surface area contributed by atoms with E-state index in [1.165, 1.54) is 16.9 Å². The lowest BCUT2D eigenvalue weighted by Gasteiger charge is -2.36. The molecule has 1 aliphatic rings. The van der Waals surface area contributed by atoms with E-state index in [0.717, 1.165) is 19.5 Å². The summed E-state index contributed by atoms with van der Waals surface area (Å²) in [5.41, 5.74) is -0.235. The van der Waals surface area contributed by atoms with Crippen molar-refractivity contribution in [3.05, 3.63) is 28.7 Å². The lowest BCUT2D eigenvalue weighted by atomic mass is 9.91. The highest BCUT2D eigenvalue weighted by Gasteiger charge is 2.29. The first-order valence-corrected chi connectivity index (χ1v) is 6.81. The van der Waals surface area contributed by atoms with Gasteiger partial charge in [0.05, 0.1) is 0 Å². The van der Waals surface area contributed by atoms with Crippen LogP contribution in [0.2, 0.25) is 0 Å². The van der Waals surface area contributed by atoms with Crippen molar-refractivity contribution in [1.29, 1.82) is 0 Å². The van der Waals surface area contributed by atoms with Gasteiger partial charge in [-0.1, -0.05) is 13.8 Å². The van der Waals surface area contributed by atoms with Crippen molar-refractivity contribution in [2.75, 3.05) is 13.1 Å². The van der Waals surface area contributed by atoms with Gasteiger partial charge in [-0.3, -0.25) is 9.59 Å². The zero-order valence-corrected chi connectivity index (χ0v) is 11.7. The maximum Gasteiger partial charge on any atom is 0.267 e. The van der Waals surface area contributed by atoms with E-state index in [0.29, 0.717) is 11.8 Å². The summed E-state index contributed by atoms with van der Waals surface area (Å²) in [5, 5.41) is 3.99. The summed E-state index contributed by atoms with van der Waals surface area (Å²) < 4.78 is 1.26. The Morgan fingerprint density at radius 1 is 1.37 bits per heavy atom. The monoisotopic (exact) mass is 263 g/mol. The highest BCUT2D eigenvalue weighted by Crippen LogP contribution is 2.22. The molecule has 1 aromatic rings. The lowest BCUT2D eigenvalue weighted by molar-refractivity contribution is -0.137. The second-order valence-electron chi connectivity index (χ2n) is 5.67. The summed E-state index contributed by atoms with van der Waals surface area (Å²) in [4.78, 5) is 26.0. The Balaban J connectivity index is 2.15. The Morgan fingerprint density at radius 2 is 2.00 bits per heavy atom. The molecule has 1 amide bonds. The molecule has 0 N–H and O–H groups in total. The zero-order chi connectivity index (χ0) is 14.0. The first kappa shape index (κ1) is 13.8. The third-order valence-electron chi connectivity index (χ3n) is 3.65. The van der Waals surface area contributed by atoms with Gasteiger partial charge in [-0.25, -0.2) is 4.68 Å². The molecule has 1 aliphatic heterocycles. The minimum absolute atomic E-state index is 0.0146. The van der Waals surface area contributed by atoms with Crippen molar-refractivity contribution in [2.45, 2.75) is 33.2 Å². The van der Waals surface area contributed by atoms with Gasteiger partial charge in [0.25, 0.3) is 5.56 Å². The van der Waals surface area contributed by atoms with E-state index in [-0.39, 0.29) is 11.5 Å². The van der Waals surface area contributed by atoms with Gasteiger partial charge >= 0.3 is 0 Å². The van der Waals surface area contributed by atoms with Gasteiger partial charge in [-0.2, -0.15) is 5.10 Å². The molecule has 1 fully saturated rings. The van der Waals surface area contributed by atoms with Gasteiger partial charge < -0.3 is 4.90 Å². The number of aromatic nitrogens is 2. The van der Waals surface area contributed by atoms with Crippen LogP contribution in [0.1, 0.15) is 33.2 Å². The number of piperidine rings is 1. The van der Waals surface area contributed by atoms with Crippen LogP contribution in [-0.2, 0) is 4.79 Å². The molecular weight excluding hydrogens is 242 g/mol. The van der Waals surface area contributed by atoms with Crippen LogP contribution >= 0.6 is 0 Å². The van der Waals surface area contributed by atoms with Crippen molar-refractivity contribution in [2.24, 2.45) is 11.8 Å². The van der Waals surface area contributed by atoms with Crippen molar-refractivity contribution in [3.63, 3.8) is 0 Å². The maximum atomic E-state index is 12.5. The van der Waals surface area contributed by atoms with Crippen LogP contribution in [0, 0.1) is 11.8 Å². The van der Waals surface area contributed by atoms with Crippen LogP contribution in [-0.4, -0.2) is 33.7 Å². The number of rotatable bonds is 2. The third kappa shape index (κ3) is 3.03. The molecule has 104 valence electrons. The van der Waals surface area contributed by atoms with E-state index in [4.69, 9.17) is 0 Å². The average Bonchev–Trinajstić information content (AvgIpc) is 2.36. The first-order valence-electron chi connectivity index (χ1n) is 6.81. The number of likely N-dealkylation sites (tertiary alicyclic amines) is 1. The molecule has 0 radical (unpaired) electrons. The molecule has 0 spiro atoms. The molecule has 5 nitrogen and oxygen atoms in total. The fraction of sp³-hybridized carbons (Fsp3) is 0.643. The maximum absolute atomic E-state index is 12.5. The second-order valence-corrected chi connectivity index (χ2v) is 5.67. The van der Waals surface area contributed by atoms with E-state index >= 15 is 0 Å². The van der Waals surface area contributed by atoms with Crippen LogP contribution in [0.15, 0.2) is 23.1 Å². The predicted molar refractivity (Wildman–Crippen MR) is 72.7 cm³/mol. The first-order chi connectivity index (χ1) is 8.99. The van der Waals surface area contributed by atoms with Crippen molar-refractivity contribution in [3.8, 4) is 0 Å². The van der Waals surface area contributed by atoms with Gasteiger partial charge in [-0.15, -0.1) is 0 Å². The van der Waals surface area contributed by atoms with Crippen molar-refractivity contribution < 1.29 is 4.79 Å². The Kier molecular flexibility index (Phi) is 4.02. The molecule has 0 saturated carbocycles. The van der Waals surface area contributed by atoms with Crippen LogP contribution in [0.3, 0.4) is 0 Å². The van der Waals surface area contributed by atoms with E-state index in [9.17, 15) is 9.59 Å². The molecule has 0 aliphatic carbocycles. The molecule has 1 aromatic heterocycles. The standard InChI is InChI=1S/C14H21N3O2/c1-10-7-11(2)9-16(8-10)14(19)12(3)17-13(18)5-4-6-15-17/h4-6,10-12H,7-9H2,1-3H3. The summed E-state index contributed by atoms with van der Waals surface area (Å²) in [7, 11) is 0. The van der Waals surface area contributed by atoms with E-state index in [1.54, 1.807) is 13.0 Å². The summed E-state index contributed by atoms with van der Waals surface area (Å²) in [6, 6.07) is 2.48. The van der Waals surface area contributed by atoms with Crippen molar-refractivity contribution >= 4 is 5.91 Å². The smallest absolute Gasteiger partial charge is 0.267 e. The normalized spacial score (nSPS) is 25.1. The number of nitrogens with zero attached hydrogens (tertiary/aromatic N) is 3. The minimum Gasteiger partial charge on any atom is -0.340 e. The average molecular weight is 263 g/mol. The van der Waals surface area contributed by atoms with Gasteiger partial charge in [0, 0.05) is 25.4 Å². The Morgan fingerprint density at radius 3 is 2.58 bits per heavy atom. The number of hydrogen-bond donors (Lipinski definition) is 0. The summed E-state index contributed by atoms with van der Waals surface area (Å²) in [6.45, 7) is 7.60. The van der Waals surface area contributed by atoms with Gasteiger partial charge in [0.2, 0.25) is 5.91 Å². The SMILES string of the molecule is CC1CC(C)CN(C(=O)C(C)n2ncccc2=O)C1. The minimum atomic E-state index is -0.536. The van der Waals surface area contributed by atoms with E-state index in [2.05, 4.69) is 18.9 Å². The Labute approximate surface area is 113 Å². The fourth-order valence-corrected chi connectivity index (χ4v) is 2.87. The lowest BCUT2D eigenvalue weighted by Crippen LogP contribution is -2.46. The molecular formula is C14H21N3O2. The quantitative estimate of drug-likeness (QED) is 0.808. The number of carbonyl (C=O) groups is 1. The highest BCUT2D eigenvalue weighted by atomic mass is 16.2. The molecule has 3 atom stereocenters. The topological polar surface area (TPSA) is 55.2 Å². The number of amides is 1.